The van der Waals surface area contributed by atoms with Crippen LogP contribution in [0.5, 0.6) is 0 Å². The predicted molar refractivity (Wildman–Crippen MR) is 137 cm³/mol. The lowest BCUT2D eigenvalue weighted by Crippen LogP contribution is -2.38. The Morgan fingerprint density at radius 1 is 0.914 bits per heavy atom. The summed E-state index contributed by atoms with van der Waals surface area (Å²) in [6.45, 7) is 5.70. The normalized spacial score (nSPS) is 11.1. The molecule has 1 N–H and O–H groups in total. The second-order valence-electron chi connectivity index (χ2n) is 8.29. The van der Waals surface area contributed by atoms with E-state index < -0.39 is 28.4 Å². The molecule has 0 atom stereocenters. The van der Waals surface area contributed by atoms with Gasteiger partial charge < -0.3 is 10.1 Å². The molecule has 0 heterocycles. The van der Waals surface area contributed by atoms with Crippen LogP contribution in [-0.4, -0.2) is 33.4 Å². The summed E-state index contributed by atoms with van der Waals surface area (Å²) in [4.78, 5) is 25.1. The van der Waals surface area contributed by atoms with E-state index in [2.05, 4.69) is 5.32 Å². The van der Waals surface area contributed by atoms with E-state index in [1.54, 1.807) is 54.6 Å². The average Bonchev–Trinajstić information content (AvgIpc) is 2.83. The molecule has 0 fully saturated rings. The predicted octanol–water partition coefficient (Wildman–Crippen LogP) is 5.09. The van der Waals surface area contributed by atoms with Crippen LogP contribution >= 0.6 is 0 Å². The number of sulfonamides is 1. The van der Waals surface area contributed by atoms with E-state index >= 15 is 0 Å². The molecule has 0 aliphatic rings. The monoisotopic (exact) mass is 494 g/mol. The number of carbonyl (C=O) groups excluding carboxylic acids is 2. The smallest absolute Gasteiger partial charge is 0.338 e. The van der Waals surface area contributed by atoms with Crippen LogP contribution in [0.3, 0.4) is 0 Å². The van der Waals surface area contributed by atoms with Crippen LogP contribution in [0, 0.1) is 13.8 Å². The van der Waals surface area contributed by atoms with Crippen LogP contribution in [0.15, 0.2) is 77.7 Å². The number of hydrogen-bond acceptors (Lipinski definition) is 5. The van der Waals surface area contributed by atoms with Gasteiger partial charge in [0.05, 0.1) is 22.8 Å². The van der Waals surface area contributed by atoms with Gasteiger partial charge in [0.1, 0.15) is 6.54 Å². The highest BCUT2D eigenvalue weighted by atomic mass is 32.2. The molecular weight excluding hydrogens is 464 g/mol. The first-order valence-corrected chi connectivity index (χ1v) is 12.9. The molecule has 35 heavy (non-hydrogen) atoms. The van der Waals surface area contributed by atoms with Crippen molar-refractivity contribution in [2.75, 3.05) is 22.8 Å². The zero-order valence-electron chi connectivity index (χ0n) is 20.2. The van der Waals surface area contributed by atoms with Crippen LogP contribution in [0.2, 0.25) is 0 Å². The van der Waals surface area contributed by atoms with Gasteiger partial charge in [-0.05, 0) is 79.9 Å². The van der Waals surface area contributed by atoms with E-state index in [4.69, 9.17) is 4.74 Å². The van der Waals surface area contributed by atoms with Crippen LogP contribution in [0.1, 0.15) is 41.3 Å². The molecule has 0 unspecified atom stereocenters. The van der Waals surface area contributed by atoms with E-state index in [0.717, 1.165) is 28.3 Å². The number of anilines is 2. The molecule has 0 aliphatic carbocycles. The summed E-state index contributed by atoms with van der Waals surface area (Å²) in [7, 11) is -3.99. The van der Waals surface area contributed by atoms with Gasteiger partial charge in [-0.15, -0.1) is 0 Å². The Labute approximate surface area is 206 Å². The summed E-state index contributed by atoms with van der Waals surface area (Å²) < 4.78 is 33.2. The summed E-state index contributed by atoms with van der Waals surface area (Å²) in [5.74, 6) is -0.937. The van der Waals surface area contributed by atoms with Gasteiger partial charge in [0.25, 0.3) is 10.0 Å². The maximum Gasteiger partial charge on any atom is 0.338 e. The molecule has 3 aromatic rings. The highest BCUT2D eigenvalue weighted by Gasteiger charge is 2.27. The SMILES string of the molecule is CCCCOC(=O)c1ccc(NC(=O)CN(c2cc(C)cc(C)c2)S(=O)(=O)c2ccccc2)cc1. The maximum atomic E-state index is 13.5. The lowest BCUT2D eigenvalue weighted by Gasteiger charge is -2.25. The Hall–Kier alpha value is -3.65. The van der Waals surface area contributed by atoms with Crippen molar-refractivity contribution in [3.05, 3.63) is 89.5 Å². The molecule has 0 spiro atoms. The van der Waals surface area contributed by atoms with Crippen molar-refractivity contribution in [2.45, 2.75) is 38.5 Å². The standard InChI is InChI=1S/C27H30N2O5S/c1-4-5-15-34-27(31)22-11-13-23(14-12-22)28-26(30)19-29(24-17-20(2)16-21(3)18-24)35(32,33)25-9-7-6-8-10-25/h6-14,16-18H,4-5,15,19H2,1-3H3,(H,28,30). The Kier molecular flexibility index (Phi) is 8.65. The second kappa shape index (κ2) is 11.7. The van der Waals surface area contributed by atoms with Crippen LogP contribution < -0.4 is 9.62 Å². The molecule has 7 nitrogen and oxygen atoms in total. The zero-order chi connectivity index (χ0) is 25.4. The van der Waals surface area contributed by atoms with Crippen LogP contribution in [-0.2, 0) is 19.6 Å². The molecular formula is C27H30N2O5S. The fourth-order valence-electron chi connectivity index (χ4n) is 3.54. The van der Waals surface area contributed by atoms with Gasteiger partial charge in [-0.3, -0.25) is 9.10 Å². The largest absolute Gasteiger partial charge is 0.462 e. The van der Waals surface area contributed by atoms with Gasteiger partial charge in [0.15, 0.2) is 0 Å². The van der Waals surface area contributed by atoms with Crippen molar-refractivity contribution in [1.29, 1.82) is 0 Å². The minimum atomic E-state index is -3.99. The third kappa shape index (κ3) is 6.93. The summed E-state index contributed by atoms with van der Waals surface area (Å²) >= 11 is 0. The third-order valence-corrected chi connectivity index (χ3v) is 7.04. The highest BCUT2D eigenvalue weighted by molar-refractivity contribution is 7.92. The number of nitrogens with zero attached hydrogens (tertiary/aromatic N) is 1. The first-order chi connectivity index (χ1) is 16.7. The minimum Gasteiger partial charge on any atom is -0.462 e. The Bertz CT molecular complexity index is 1250. The molecule has 3 aromatic carbocycles. The van der Waals surface area contributed by atoms with Crippen LogP contribution in [0.4, 0.5) is 11.4 Å². The number of amides is 1. The molecule has 0 saturated carbocycles. The van der Waals surface area contributed by atoms with E-state index in [1.165, 1.54) is 12.1 Å². The molecule has 0 aromatic heterocycles. The molecule has 0 saturated heterocycles. The van der Waals surface area contributed by atoms with Crippen LogP contribution in [0.25, 0.3) is 0 Å². The van der Waals surface area contributed by atoms with Crippen molar-refractivity contribution in [2.24, 2.45) is 0 Å². The number of unbranched alkanes of at least 4 members (excludes halogenated alkanes) is 1. The van der Waals surface area contributed by atoms with Gasteiger partial charge in [0, 0.05) is 5.69 Å². The van der Waals surface area contributed by atoms with Crippen molar-refractivity contribution >= 4 is 33.3 Å². The lowest BCUT2D eigenvalue weighted by atomic mass is 10.1. The summed E-state index contributed by atoms with van der Waals surface area (Å²) in [5.41, 5.74) is 3.00. The third-order valence-electron chi connectivity index (χ3n) is 5.25. The maximum absolute atomic E-state index is 13.5. The highest BCUT2D eigenvalue weighted by Crippen LogP contribution is 2.26. The number of rotatable bonds is 10. The zero-order valence-corrected chi connectivity index (χ0v) is 21.0. The number of esters is 1. The van der Waals surface area contributed by atoms with Crippen molar-refractivity contribution in [3.63, 3.8) is 0 Å². The molecule has 0 bridgehead atoms. The van der Waals surface area contributed by atoms with Crippen molar-refractivity contribution in [1.82, 2.24) is 0 Å². The Morgan fingerprint density at radius 3 is 2.14 bits per heavy atom. The van der Waals surface area contributed by atoms with Gasteiger partial charge in [-0.1, -0.05) is 37.6 Å². The first kappa shape index (κ1) is 26.0. The molecule has 184 valence electrons. The Balaban J connectivity index is 1.80. The van der Waals surface area contributed by atoms with E-state index in [0.29, 0.717) is 23.5 Å². The number of benzene rings is 3. The number of ether oxygens (including phenoxy) is 1. The van der Waals surface area contributed by atoms with Gasteiger partial charge in [0.2, 0.25) is 5.91 Å². The van der Waals surface area contributed by atoms with E-state index in [-0.39, 0.29) is 4.90 Å². The number of hydrogen-bond donors (Lipinski definition) is 1. The van der Waals surface area contributed by atoms with E-state index in [9.17, 15) is 18.0 Å². The number of nitrogens with one attached hydrogen (secondary N) is 1. The first-order valence-electron chi connectivity index (χ1n) is 11.4. The van der Waals surface area contributed by atoms with Gasteiger partial charge in [-0.2, -0.15) is 0 Å². The fraction of sp³-hybridized carbons (Fsp3) is 0.259. The molecule has 8 heteroatoms. The van der Waals surface area contributed by atoms with E-state index in [1.807, 2.05) is 26.8 Å². The topological polar surface area (TPSA) is 92.8 Å². The van der Waals surface area contributed by atoms with Crippen molar-refractivity contribution < 1.29 is 22.7 Å². The van der Waals surface area contributed by atoms with Gasteiger partial charge >= 0.3 is 5.97 Å². The molecule has 0 aliphatic heterocycles. The summed E-state index contributed by atoms with van der Waals surface area (Å²) in [5, 5.41) is 2.72. The molecule has 0 radical (unpaired) electrons. The average molecular weight is 495 g/mol. The summed E-state index contributed by atoms with van der Waals surface area (Å²) in [6, 6.07) is 19.7. The Morgan fingerprint density at radius 2 is 1.54 bits per heavy atom. The fourth-order valence-corrected chi connectivity index (χ4v) is 4.97. The van der Waals surface area contributed by atoms with Crippen molar-refractivity contribution in [3.8, 4) is 0 Å². The number of carbonyl (C=O) groups is 2. The minimum absolute atomic E-state index is 0.0953. The lowest BCUT2D eigenvalue weighted by molar-refractivity contribution is -0.114. The second-order valence-corrected chi connectivity index (χ2v) is 10.1. The quantitative estimate of drug-likeness (QED) is 0.313. The van der Waals surface area contributed by atoms with Gasteiger partial charge in [-0.25, -0.2) is 13.2 Å². The molecule has 3 rings (SSSR count). The number of aryl methyl sites for hydroxylation is 2. The molecule has 1 amide bonds. The summed E-state index contributed by atoms with van der Waals surface area (Å²) in [6.07, 6.45) is 1.72.